The van der Waals surface area contributed by atoms with Crippen molar-refractivity contribution in [3.63, 3.8) is 0 Å². The van der Waals surface area contributed by atoms with Crippen molar-refractivity contribution in [1.29, 1.82) is 0 Å². The summed E-state index contributed by atoms with van der Waals surface area (Å²) in [4.78, 5) is 15.7. The van der Waals surface area contributed by atoms with E-state index in [0.29, 0.717) is 36.6 Å². The lowest BCUT2D eigenvalue weighted by molar-refractivity contribution is 0.164. The maximum Gasteiger partial charge on any atom is 0.257 e. The molecule has 0 radical (unpaired) electrons. The lowest BCUT2D eigenvalue weighted by Crippen LogP contribution is -2.31. The molecule has 0 bridgehead atoms. The number of nitrogens with one attached hydrogen (secondary N) is 2. The van der Waals surface area contributed by atoms with E-state index in [-0.39, 0.29) is 0 Å². The summed E-state index contributed by atoms with van der Waals surface area (Å²) in [6.07, 6.45) is 8.46. The van der Waals surface area contributed by atoms with Gasteiger partial charge in [-0.1, -0.05) is 6.42 Å². The number of anilines is 4. The molecular formula is C25H30N6O3. The molecule has 9 nitrogen and oxygen atoms in total. The fourth-order valence-corrected chi connectivity index (χ4v) is 4.06. The van der Waals surface area contributed by atoms with E-state index in [4.69, 9.17) is 14.2 Å². The first-order valence-electron chi connectivity index (χ1n) is 11.9. The molecule has 2 aliphatic rings. The summed E-state index contributed by atoms with van der Waals surface area (Å²) in [6, 6.07) is 11.5. The molecule has 0 aliphatic carbocycles. The molecule has 1 aromatic carbocycles. The lowest BCUT2D eigenvalue weighted by atomic mass is 10.1. The summed E-state index contributed by atoms with van der Waals surface area (Å²) >= 11 is 0. The van der Waals surface area contributed by atoms with Crippen molar-refractivity contribution < 1.29 is 14.2 Å². The quantitative estimate of drug-likeness (QED) is 0.449. The normalized spacial score (nSPS) is 15.5. The van der Waals surface area contributed by atoms with Crippen LogP contribution in [0.15, 0.2) is 48.8 Å². The van der Waals surface area contributed by atoms with Gasteiger partial charge in [-0.05, 0) is 62.7 Å². The Morgan fingerprint density at radius 2 is 1.76 bits per heavy atom. The first-order chi connectivity index (χ1) is 16.8. The molecule has 0 saturated carbocycles. The number of ether oxygens (including phenoxy) is 3. The Morgan fingerprint density at radius 1 is 0.912 bits per heavy atom. The van der Waals surface area contributed by atoms with Crippen LogP contribution in [-0.4, -0.2) is 59.3 Å². The number of rotatable bonds is 9. The van der Waals surface area contributed by atoms with Gasteiger partial charge in [0.05, 0.1) is 18.5 Å². The molecule has 178 valence electrons. The second-order valence-corrected chi connectivity index (χ2v) is 8.37. The Morgan fingerprint density at radius 3 is 2.65 bits per heavy atom. The molecule has 0 spiro atoms. The fourth-order valence-electron chi connectivity index (χ4n) is 4.06. The molecule has 1 fully saturated rings. The van der Waals surface area contributed by atoms with Crippen molar-refractivity contribution in [2.75, 3.05) is 50.1 Å². The summed E-state index contributed by atoms with van der Waals surface area (Å²) < 4.78 is 17.0. The highest BCUT2D eigenvalue weighted by Gasteiger charge is 2.14. The minimum absolute atomic E-state index is 0.491. The van der Waals surface area contributed by atoms with Gasteiger partial charge in [0.15, 0.2) is 5.75 Å². The molecule has 2 N–H and O–H groups in total. The molecule has 5 rings (SSSR count). The Kier molecular flexibility index (Phi) is 7.20. The van der Waals surface area contributed by atoms with Crippen LogP contribution in [0.2, 0.25) is 0 Å². The fraction of sp³-hybridized carbons (Fsp3) is 0.400. The van der Waals surface area contributed by atoms with Crippen LogP contribution < -0.4 is 24.8 Å². The number of benzene rings is 1. The zero-order valence-corrected chi connectivity index (χ0v) is 19.2. The van der Waals surface area contributed by atoms with E-state index in [2.05, 4.69) is 30.5 Å². The number of piperidine rings is 1. The van der Waals surface area contributed by atoms with Crippen LogP contribution in [-0.2, 0) is 0 Å². The molecule has 3 aromatic rings. The van der Waals surface area contributed by atoms with E-state index in [0.717, 1.165) is 36.7 Å². The first kappa shape index (κ1) is 22.2. The third-order valence-electron chi connectivity index (χ3n) is 5.77. The van der Waals surface area contributed by atoms with E-state index < -0.39 is 0 Å². The first-order valence-corrected chi connectivity index (χ1v) is 11.9. The van der Waals surface area contributed by atoms with Gasteiger partial charge >= 0.3 is 0 Å². The summed E-state index contributed by atoms with van der Waals surface area (Å²) in [5.41, 5.74) is 1.65. The monoisotopic (exact) mass is 462 g/mol. The van der Waals surface area contributed by atoms with Gasteiger partial charge in [-0.15, -0.1) is 0 Å². The highest BCUT2D eigenvalue weighted by molar-refractivity contribution is 5.61. The standard InChI is InChI=1S/C25H30N6O3/c1-2-11-31(12-3-1)13-4-14-32-21-7-5-19(6-8-21)29-25-26-10-9-23(30-25)28-20-17-22-24(27-18-20)34-16-15-33-22/h5-10,17-18H,1-4,11-16H2,(H2,26,28,29,30). The SMILES string of the molecule is c1cc(Nc2cnc3c(c2)OCCO3)nc(Nc2ccc(OCCCN3CCCCC3)cc2)n1. The second kappa shape index (κ2) is 11.0. The predicted octanol–water partition coefficient (Wildman–Crippen LogP) is 4.38. The van der Waals surface area contributed by atoms with Crippen molar-refractivity contribution >= 4 is 23.1 Å². The van der Waals surface area contributed by atoms with Gasteiger partial charge < -0.3 is 29.7 Å². The van der Waals surface area contributed by atoms with Gasteiger partial charge in [0.2, 0.25) is 5.95 Å². The third kappa shape index (κ3) is 6.05. The van der Waals surface area contributed by atoms with Gasteiger partial charge in [0.25, 0.3) is 5.88 Å². The second-order valence-electron chi connectivity index (χ2n) is 8.37. The van der Waals surface area contributed by atoms with Crippen LogP contribution >= 0.6 is 0 Å². The van der Waals surface area contributed by atoms with Crippen molar-refractivity contribution in [1.82, 2.24) is 19.9 Å². The average Bonchev–Trinajstić information content (AvgIpc) is 2.88. The number of hydrogen-bond donors (Lipinski definition) is 2. The number of hydrogen-bond acceptors (Lipinski definition) is 9. The van der Waals surface area contributed by atoms with Crippen LogP contribution in [0, 0.1) is 0 Å². The van der Waals surface area contributed by atoms with Crippen LogP contribution in [0.4, 0.5) is 23.1 Å². The number of pyridine rings is 1. The van der Waals surface area contributed by atoms with Gasteiger partial charge in [-0.2, -0.15) is 4.98 Å². The summed E-state index contributed by atoms with van der Waals surface area (Å²) in [7, 11) is 0. The zero-order valence-electron chi connectivity index (χ0n) is 19.2. The molecule has 0 atom stereocenters. The molecule has 2 aliphatic heterocycles. The number of aromatic nitrogens is 3. The molecule has 1 saturated heterocycles. The number of likely N-dealkylation sites (tertiary alicyclic amines) is 1. The summed E-state index contributed by atoms with van der Waals surface area (Å²) in [5, 5.41) is 6.46. The largest absolute Gasteiger partial charge is 0.494 e. The van der Waals surface area contributed by atoms with E-state index in [1.54, 1.807) is 18.5 Å². The van der Waals surface area contributed by atoms with Gasteiger partial charge in [-0.3, -0.25) is 0 Å². The lowest BCUT2D eigenvalue weighted by Gasteiger charge is -2.26. The molecule has 2 aromatic heterocycles. The molecule has 9 heteroatoms. The molecule has 34 heavy (non-hydrogen) atoms. The molecule has 4 heterocycles. The highest BCUT2D eigenvalue weighted by Crippen LogP contribution is 2.31. The van der Waals surface area contributed by atoms with E-state index >= 15 is 0 Å². The van der Waals surface area contributed by atoms with Gasteiger partial charge in [0, 0.05) is 24.5 Å². The Balaban J connectivity index is 1.11. The van der Waals surface area contributed by atoms with Crippen LogP contribution in [0.3, 0.4) is 0 Å². The van der Waals surface area contributed by atoms with Crippen LogP contribution in [0.25, 0.3) is 0 Å². The van der Waals surface area contributed by atoms with E-state index in [1.807, 2.05) is 30.3 Å². The van der Waals surface area contributed by atoms with E-state index in [9.17, 15) is 0 Å². The Labute approximate surface area is 199 Å². The predicted molar refractivity (Wildman–Crippen MR) is 131 cm³/mol. The maximum absolute atomic E-state index is 5.91. The van der Waals surface area contributed by atoms with Crippen molar-refractivity contribution in [3.8, 4) is 17.4 Å². The Hall–Kier alpha value is -3.59. The van der Waals surface area contributed by atoms with E-state index in [1.165, 1.54) is 32.4 Å². The van der Waals surface area contributed by atoms with Crippen molar-refractivity contribution in [2.45, 2.75) is 25.7 Å². The average molecular weight is 463 g/mol. The van der Waals surface area contributed by atoms with Crippen molar-refractivity contribution in [2.24, 2.45) is 0 Å². The topological polar surface area (TPSA) is 93.7 Å². The van der Waals surface area contributed by atoms with Gasteiger partial charge in [0.1, 0.15) is 24.8 Å². The van der Waals surface area contributed by atoms with Gasteiger partial charge in [-0.25, -0.2) is 9.97 Å². The smallest absolute Gasteiger partial charge is 0.257 e. The summed E-state index contributed by atoms with van der Waals surface area (Å²) in [6.45, 7) is 5.33. The van der Waals surface area contributed by atoms with Crippen LogP contribution in [0.1, 0.15) is 25.7 Å². The molecule has 0 unspecified atom stereocenters. The molecule has 0 amide bonds. The van der Waals surface area contributed by atoms with Crippen LogP contribution in [0.5, 0.6) is 17.4 Å². The minimum atomic E-state index is 0.491. The maximum atomic E-state index is 5.91. The number of fused-ring (bicyclic) bond motifs is 1. The Bertz CT molecular complexity index is 1070. The van der Waals surface area contributed by atoms with Crippen molar-refractivity contribution in [3.05, 3.63) is 48.8 Å². The zero-order chi connectivity index (χ0) is 23.0. The summed E-state index contributed by atoms with van der Waals surface area (Å²) in [5.74, 6) is 3.13. The minimum Gasteiger partial charge on any atom is -0.494 e. The molecular weight excluding hydrogens is 432 g/mol. The third-order valence-corrected chi connectivity index (χ3v) is 5.77. The highest BCUT2D eigenvalue weighted by atomic mass is 16.6. The number of nitrogens with zero attached hydrogens (tertiary/aromatic N) is 4.